The van der Waals surface area contributed by atoms with Crippen LogP contribution in [0.15, 0.2) is 170 Å². The molecule has 0 bridgehead atoms. The van der Waals surface area contributed by atoms with Gasteiger partial charge in [0.25, 0.3) is 0 Å². The third-order valence-electron chi connectivity index (χ3n) is 9.92. The molecule has 0 aromatic rings. The SMILES string of the molecule is CC\C=C/C=C\C=C/C=C\C=C/CCCCCC(=O)OC(COC(=O)CCCCC/C=C\C/C=C\C/C=C\C/C=C\C/C=C\CC)COC(=O)CCCCCCC\C=C/C=C\C=C/C=C\CC. The van der Waals surface area contributed by atoms with Crippen LogP contribution in [0.4, 0.5) is 0 Å². The topological polar surface area (TPSA) is 78.9 Å². The maximum Gasteiger partial charge on any atom is 0.306 e. The van der Waals surface area contributed by atoms with Crippen LogP contribution in [-0.4, -0.2) is 37.2 Å². The molecule has 0 aromatic carbocycles. The molecule has 67 heavy (non-hydrogen) atoms. The molecule has 370 valence electrons. The van der Waals surface area contributed by atoms with Gasteiger partial charge in [-0.15, -0.1) is 0 Å². The van der Waals surface area contributed by atoms with Crippen molar-refractivity contribution in [1.29, 1.82) is 0 Å². The molecular formula is C61H90O6. The minimum atomic E-state index is -0.834. The number of hydrogen-bond donors (Lipinski definition) is 0. The second-order valence-electron chi connectivity index (χ2n) is 16.1. The largest absolute Gasteiger partial charge is 0.462 e. The summed E-state index contributed by atoms with van der Waals surface area (Å²) in [4.78, 5) is 38.0. The van der Waals surface area contributed by atoms with E-state index in [9.17, 15) is 14.4 Å². The number of unbranched alkanes of at least 4 members (excludes halogenated alkanes) is 11. The lowest BCUT2D eigenvalue weighted by Crippen LogP contribution is -2.30. The van der Waals surface area contributed by atoms with E-state index in [4.69, 9.17) is 14.2 Å². The summed E-state index contributed by atoms with van der Waals surface area (Å²) in [6.07, 6.45) is 79.0. The van der Waals surface area contributed by atoms with Crippen LogP contribution in [0.2, 0.25) is 0 Å². The van der Waals surface area contributed by atoms with E-state index in [2.05, 4.69) is 118 Å². The zero-order valence-corrected chi connectivity index (χ0v) is 42.1. The van der Waals surface area contributed by atoms with Crippen LogP contribution in [0.25, 0.3) is 0 Å². The van der Waals surface area contributed by atoms with Crippen molar-refractivity contribution in [2.75, 3.05) is 13.2 Å². The molecule has 0 aliphatic rings. The first-order valence-electron chi connectivity index (χ1n) is 25.8. The maximum atomic E-state index is 12.8. The number of rotatable bonds is 43. The van der Waals surface area contributed by atoms with Crippen molar-refractivity contribution in [2.45, 2.75) is 181 Å². The van der Waals surface area contributed by atoms with Gasteiger partial charge in [0.15, 0.2) is 6.10 Å². The summed E-state index contributed by atoms with van der Waals surface area (Å²) in [7, 11) is 0. The molecule has 0 aliphatic carbocycles. The first-order chi connectivity index (χ1) is 33.0. The summed E-state index contributed by atoms with van der Waals surface area (Å²) in [6.45, 7) is 6.12. The van der Waals surface area contributed by atoms with E-state index in [1.54, 1.807) is 0 Å². The Morgan fingerprint density at radius 2 is 0.612 bits per heavy atom. The van der Waals surface area contributed by atoms with Gasteiger partial charge in [-0.25, -0.2) is 0 Å². The molecule has 0 heterocycles. The summed E-state index contributed by atoms with van der Waals surface area (Å²) < 4.78 is 16.7. The van der Waals surface area contributed by atoms with Crippen molar-refractivity contribution < 1.29 is 28.6 Å². The molecule has 6 nitrogen and oxygen atoms in total. The van der Waals surface area contributed by atoms with Crippen LogP contribution in [0, 0.1) is 0 Å². The van der Waals surface area contributed by atoms with Crippen molar-refractivity contribution in [2.24, 2.45) is 0 Å². The Morgan fingerprint density at radius 1 is 0.313 bits per heavy atom. The minimum Gasteiger partial charge on any atom is -0.462 e. The lowest BCUT2D eigenvalue weighted by molar-refractivity contribution is -0.167. The monoisotopic (exact) mass is 919 g/mol. The highest BCUT2D eigenvalue weighted by molar-refractivity contribution is 5.71. The number of carbonyl (C=O) groups excluding carboxylic acids is 3. The van der Waals surface area contributed by atoms with Crippen molar-refractivity contribution >= 4 is 17.9 Å². The van der Waals surface area contributed by atoms with E-state index in [1.165, 1.54) is 0 Å². The Hall–Kier alpha value is -5.23. The van der Waals surface area contributed by atoms with Crippen molar-refractivity contribution in [1.82, 2.24) is 0 Å². The van der Waals surface area contributed by atoms with Gasteiger partial charge in [-0.3, -0.25) is 14.4 Å². The van der Waals surface area contributed by atoms with Crippen LogP contribution in [0.5, 0.6) is 0 Å². The first-order valence-corrected chi connectivity index (χ1v) is 25.8. The van der Waals surface area contributed by atoms with Gasteiger partial charge in [0.1, 0.15) is 13.2 Å². The minimum absolute atomic E-state index is 0.128. The Bertz CT molecular complexity index is 1620. The van der Waals surface area contributed by atoms with E-state index in [1.807, 2.05) is 72.9 Å². The fourth-order valence-corrected chi connectivity index (χ4v) is 6.14. The van der Waals surface area contributed by atoms with Gasteiger partial charge in [0, 0.05) is 19.3 Å². The number of ether oxygens (including phenoxy) is 3. The van der Waals surface area contributed by atoms with Crippen molar-refractivity contribution in [3.8, 4) is 0 Å². The molecule has 0 fully saturated rings. The quantitative estimate of drug-likeness (QED) is 0.0199. The highest BCUT2D eigenvalue weighted by Gasteiger charge is 2.19. The lowest BCUT2D eigenvalue weighted by atomic mass is 10.1. The molecule has 0 saturated heterocycles. The van der Waals surface area contributed by atoms with Gasteiger partial charge < -0.3 is 14.2 Å². The molecule has 0 aliphatic heterocycles. The molecular weight excluding hydrogens is 829 g/mol. The standard InChI is InChI=1S/C61H90O6/c1-4-7-10-13-16-19-22-25-28-29-30-31-34-36-39-42-45-48-51-54-60(63)66-57-58(67-61(64)55-52-49-46-43-40-37-33-27-24-21-18-15-12-9-6-3)56-65-59(62)53-50-47-44-41-38-35-32-26-23-20-17-14-11-8-5-2/h7-12,14-21,23-28,30-33,36-37,39-40,58H,4-6,13,22,29,34-35,38,41-57H2,1-3H3/b10-7-,11-8-,12-9-,17-14-,18-15-,19-16-,23-20-,24-21-,28-25-,31-30-,32-26-,33-27-,39-36-,40-37-. The molecule has 0 aromatic heterocycles. The Labute approximate surface area is 409 Å². The van der Waals surface area contributed by atoms with Gasteiger partial charge in [-0.1, -0.05) is 223 Å². The third kappa shape index (κ3) is 51.6. The van der Waals surface area contributed by atoms with Gasteiger partial charge in [-0.2, -0.15) is 0 Å². The Kier molecular flexibility index (Phi) is 49.2. The molecule has 6 heteroatoms. The fourth-order valence-electron chi connectivity index (χ4n) is 6.14. The summed E-state index contributed by atoms with van der Waals surface area (Å²) in [5.74, 6) is -1.04. The highest BCUT2D eigenvalue weighted by atomic mass is 16.6. The molecule has 1 unspecified atom stereocenters. The van der Waals surface area contributed by atoms with Crippen LogP contribution in [0.3, 0.4) is 0 Å². The van der Waals surface area contributed by atoms with Gasteiger partial charge >= 0.3 is 17.9 Å². The molecule has 0 radical (unpaired) electrons. The molecule has 0 rings (SSSR count). The lowest BCUT2D eigenvalue weighted by Gasteiger charge is -2.18. The fraction of sp³-hybridized carbons (Fsp3) is 0.492. The second kappa shape index (κ2) is 53.4. The summed E-state index contributed by atoms with van der Waals surface area (Å²) in [5, 5.41) is 0. The predicted octanol–water partition coefficient (Wildman–Crippen LogP) is 17.2. The van der Waals surface area contributed by atoms with Gasteiger partial charge in [0.2, 0.25) is 0 Å². The van der Waals surface area contributed by atoms with E-state index >= 15 is 0 Å². The summed E-state index contributed by atoms with van der Waals surface area (Å²) >= 11 is 0. The number of hydrogen-bond acceptors (Lipinski definition) is 6. The van der Waals surface area contributed by atoms with Crippen molar-refractivity contribution in [3.63, 3.8) is 0 Å². The predicted molar refractivity (Wildman–Crippen MR) is 288 cm³/mol. The Balaban J connectivity index is 4.61. The smallest absolute Gasteiger partial charge is 0.306 e. The normalized spacial score (nSPS) is 13.5. The zero-order chi connectivity index (χ0) is 48.6. The van der Waals surface area contributed by atoms with Crippen LogP contribution in [-0.2, 0) is 28.6 Å². The van der Waals surface area contributed by atoms with Crippen molar-refractivity contribution in [3.05, 3.63) is 170 Å². The van der Waals surface area contributed by atoms with E-state index in [0.29, 0.717) is 19.3 Å². The average Bonchev–Trinajstić information content (AvgIpc) is 3.33. The Morgan fingerprint density at radius 3 is 1.03 bits per heavy atom. The summed E-state index contributed by atoms with van der Waals surface area (Å²) in [5.41, 5.74) is 0. The number of carbonyl (C=O) groups is 3. The molecule has 1 atom stereocenters. The highest BCUT2D eigenvalue weighted by Crippen LogP contribution is 2.12. The molecule has 0 spiro atoms. The van der Waals surface area contributed by atoms with Crippen LogP contribution in [0.1, 0.15) is 175 Å². The second-order valence-corrected chi connectivity index (χ2v) is 16.1. The van der Waals surface area contributed by atoms with E-state index in [0.717, 1.165) is 128 Å². The van der Waals surface area contributed by atoms with Crippen LogP contribution >= 0.6 is 0 Å². The first kappa shape index (κ1) is 61.8. The number of allylic oxidation sites excluding steroid dienone is 28. The molecule has 0 N–H and O–H groups in total. The number of esters is 3. The van der Waals surface area contributed by atoms with Crippen LogP contribution < -0.4 is 0 Å². The van der Waals surface area contributed by atoms with Gasteiger partial charge in [0.05, 0.1) is 0 Å². The summed E-state index contributed by atoms with van der Waals surface area (Å²) in [6, 6.07) is 0. The zero-order valence-electron chi connectivity index (χ0n) is 42.1. The van der Waals surface area contributed by atoms with E-state index in [-0.39, 0.29) is 37.5 Å². The average molecular weight is 919 g/mol. The van der Waals surface area contributed by atoms with Gasteiger partial charge in [-0.05, 0) is 103 Å². The molecule has 0 amide bonds. The maximum absolute atomic E-state index is 12.8. The third-order valence-corrected chi connectivity index (χ3v) is 9.92. The molecule has 0 saturated carbocycles. The van der Waals surface area contributed by atoms with E-state index < -0.39 is 6.10 Å².